The fourth-order valence-corrected chi connectivity index (χ4v) is 1.99. The summed E-state index contributed by atoms with van der Waals surface area (Å²) in [7, 11) is 0. The van der Waals surface area contributed by atoms with Gasteiger partial charge in [0.1, 0.15) is 11.5 Å². The minimum Gasteiger partial charge on any atom is -0.356 e. The van der Waals surface area contributed by atoms with Gasteiger partial charge in [0.15, 0.2) is 0 Å². The zero-order valence-electron chi connectivity index (χ0n) is 9.24. The summed E-state index contributed by atoms with van der Waals surface area (Å²) < 4.78 is 37.5. The molecule has 94 valence electrons. The first-order valence-electron chi connectivity index (χ1n) is 5.50. The Labute approximate surface area is 97.4 Å². The van der Waals surface area contributed by atoms with E-state index >= 15 is 0 Å². The van der Waals surface area contributed by atoms with E-state index in [0.29, 0.717) is 24.8 Å². The molecule has 0 radical (unpaired) electrons. The number of hydrogen-bond donors (Lipinski definition) is 1. The zero-order valence-corrected chi connectivity index (χ0v) is 9.24. The molecule has 6 heteroatoms. The summed E-state index contributed by atoms with van der Waals surface area (Å²) in [5, 5.41) is 0. The van der Waals surface area contributed by atoms with Crippen molar-refractivity contribution >= 4 is 5.82 Å². The third-order valence-electron chi connectivity index (χ3n) is 2.97. The molecule has 0 spiro atoms. The summed E-state index contributed by atoms with van der Waals surface area (Å²) in [6.07, 6.45) is -3.47. The summed E-state index contributed by atoms with van der Waals surface area (Å²) >= 11 is 0. The van der Waals surface area contributed by atoms with E-state index in [1.807, 2.05) is 4.90 Å². The van der Waals surface area contributed by atoms with Gasteiger partial charge in [-0.15, -0.1) is 0 Å². The van der Waals surface area contributed by atoms with E-state index < -0.39 is 11.9 Å². The van der Waals surface area contributed by atoms with Crippen LogP contribution in [0.3, 0.4) is 0 Å². The first-order valence-corrected chi connectivity index (χ1v) is 5.50. The maximum atomic E-state index is 12.5. The Kier molecular flexibility index (Phi) is 3.24. The molecule has 1 aliphatic heterocycles. The lowest BCUT2D eigenvalue weighted by atomic mass is 10.1. The number of hydrogen-bond acceptors (Lipinski definition) is 3. The Morgan fingerprint density at radius 2 is 2.18 bits per heavy atom. The molecule has 0 bridgehead atoms. The summed E-state index contributed by atoms with van der Waals surface area (Å²) in [6, 6.07) is 3.98. The van der Waals surface area contributed by atoms with E-state index in [-0.39, 0.29) is 0 Å². The highest BCUT2D eigenvalue weighted by atomic mass is 19.4. The van der Waals surface area contributed by atoms with Crippen molar-refractivity contribution < 1.29 is 13.2 Å². The number of halogens is 3. The van der Waals surface area contributed by atoms with Gasteiger partial charge in [0.25, 0.3) is 0 Å². The average molecular weight is 245 g/mol. The molecule has 1 aromatic heterocycles. The summed E-state index contributed by atoms with van der Waals surface area (Å²) in [6.45, 7) is 1.97. The number of nitrogens with zero attached hydrogens (tertiary/aromatic N) is 2. The van der Waals surface area contributed by atoms with Gasteiger partial charge in [-0.3, -0.25) is 0 Å². The van der Waals surface area contributed by atoms with Gasteiger partial charge in [0.05, 0.1) is 0 Å². The molecule has 1 unspecified atom stereocenters. The first kappa shape index (κ1) is 12.2. The molecule has 0 aliphatic carbocycles. The summed E-state index contributed by atoms with van der Waals surface area (Å²) in [5.74, 6) is 0.738. The summed E-state index contributed by atoms with van der Waals surface area (Å²) in [4.78, 5) is 5.51. The Morgan fingerprint density at radius 1 is 1.41 bits per heavy atom. The molecule has 2 N–H and O–H groups in total. The lowest BCUT2D eigenvalue weighted by Crippen LogP contribution is -2.24. The molecule has 1 aromatic rings. The quantitative estimate of drug-likeness (QED) is 0.865. The van der Waals surface area contributed by atoms with Crippen molar-refractivity contribution in [2.75, 3.05) is 24.5 Å². The molecule has 1 fully saturated rings. The molecule has 1 atom stereocenters. The molecule has 0 saturated carbocycles. The SMILES string of the molecule is NCC1CCN(c2cccc(C(F)(F)F)n2)C1. The summed E-state index contributed by atoms with van der Waals surface area (Å²) in [5.41, 5.74) is 4.70. The van der Waals surface area contributed by atoms with E-state index in [1.165, 1.54) is 6.07 Å². The van der Waals surface area contributed by atoms with Gasteiger partial charge >= 0.3 is 6.18 Å². The number of rotatable bonds is 2. The molecular weight excluding hydrogens is 231 g/mol. The van der Waals surface area contributed by atoms with Gasteiger partial charge in [-0.1, -0.05) is 6.07 Å². The molecule has 17 heavy (non-hydrogen) atoms. The predicted octanol–water partition coefficient (Wildman–Crippen LogP) is 1.89. The normalized spacial score (nSPS) is 20.9. The number of nitrogens with two attached hydrogens (primary N) is 1. The van der Waals surface area contributed by atoms with Gasteiger partial charge in [-0.05, 0) is 31.0 Å². The van der Waals surface area contributed by atoms with Crippen LogP contribution in [0, 0.1) is 5.92 Å². The number of alkyl halides is 3. The molecule has 1 aliphatic rings. The van der Waals surface area contributed by atoms with Crippen LogP contribution < -0.4 is 10.6 Å². The van der Waals surface area contributed by atoms with E-state index in [2.05, 4.69) is 4.98 Å². The highest BCUT2D eigenvalue weighted by Gasteiger charge is 2.33. The van der Waals surface area contributed by atoms with Crippen LogP contribution in [0.1, 0.15) is 12.1 Å². The Hall–Kier alpha value is -1.30. The minimum atomic E-state index is -4.39. The minimum absolute atomic E-state index is 0.353. The average Bonchev–Trinajstić information content (AvgIpc) is 2.76. The third-order valence-corrected chi connectivity index (χ3v) is 2.97. The first-order chi connectivity index (χ1) is 8.00. The van der Waals surface area contributed by atoms with E-state index in [0.717, 1.165) is 19.0 Å². The smallest absolute Gasteiger partial charge is 0.356 e. The Bertz CT molecular complexity index is 392. The van der Waals surface area contributed by atoms with Gasteiger partial charge < -0.3 is 10.6 Å². The second-order valence-electron chi connectivity index (χ2n) is 4.22. The van der Waals surface area contributed by atoms with Gasteiger partial charge in [-0.2, -0.15) is 13.2 Å². The maximum Gasteiger partial charge on any atom is 0.433 e. The number of aromatic nitrogens is 1. The van der Waals surface area contributed by atoms with Crippen LogP contribution in [0.5, 0.6) is 0 Å². The van der Waals surface area contributed by atoms with Crippen LogP contribution in [0.15, 0.2) is 18.2 Å². The van der Waals surface area contributed by atoms with Crippen LogP contribution in [0.2, 0.25) is 0 Å². The lowest BCUT2D eigenvalue weighted by Gasteiger charge is -2.18. The predicted molar refractivity (Wildman–Crippen MR) is 58.6 cm³/mol. The molecular formula is C11H14F3N3. The van der Waals surface area contributed by atoms with Gasteiger partial charge in [0.2, 0.25) is 0 Å². The van der Waals surface area contributed by atoms with Gasteiger partial charge in [0, 0.05) is 13.1 Å². The van der Waals surface area contributed by atoms with Crippen molar-refractivity contribution in [3.63, 3.8) is 0 Å². The van der Waals surface area contributed by atoms with E-state index in [9.17, 15) is 13.2 Å². The van der Waals surface area contributed by atoms with Crippen molar-refractivity contribution in [3.8, 4) is 0 Å². The largest absolute Gasteiger partial charge is 0.433 e. The molecule has 2 rings (SSSR count). The van der Waals surface area contributed by atoms with Crippen LogP contribution in [-0.2, 0) is 6.18 Å². The third kappa shape index (κ3) is 2.69. The zero-order chi connectivity index (χ0) is 12.5. The maximum absolute atomic E-state index is 12.5. The van der Waals surface area contributed by atoms with Crippen molar-refractivity contribution in [2.45, 2.75) is 12.6 Å². The molecule has 2 heterocycles. The van der Waals surface area contributed by atoms with Crippen LogP contribution in [0.4, 0.5) is 19.0 Å². The highest BCUT2D eigenvalue weighted by molar-refractivity contribution is 5.41. The molecule has 1 saturated heterocycles. The number of anilines is 1. The second-order valence-corrected chi connectivity index (χ2v) is 4.22. The van der Waals surface area contributed by atoms with Gasteiger partial charge in [-0.25, -0.2) is 4.98 Å². The fraction of sp³-hybridized carbons (Fsp3) is 0.545. The van der Waals surface area contributed by atoms with E-state index in [4.69, 9.17) is 5.73 Å². The van der Waals surface area contributed by atoms with Crippen molar-refractivity contribution in [3.05, 3.63) is 23.9 Å². The molecule has 0 aromatic carbocycles. The van der Waals surface area contributed by atoms with Crippen LogP contribution >= 0.6 is 0 Å². The standard InChI is InChI=1S/C11H14F3N3/c12-11(13,14)9-2-1-3-10(16-9)17-5-4-8(6-15)7-17/h1-3,8H,4-7,15H2. The monoisotopic (exact) mass is 245 g/mol. The van der Waals surface area contributed by atoms with Crippen molar-refractivity contribution in [1.29, 1.82) is 0 Å². The molecule has 0 amide bonds. The van der Waals surface area contributed by atoms with Crippen LogP contribution in [-0.4, -0.2) is 24.6 Å². The van der Waals surface area contributed by atoms with Crippen LogP contribution in [0.25, 0.3) is 0 Å². The van der Waals surface area contributed by atoms with E-state index in [1.54, 1.807) is 6.07 Å². The highest BCUT2D eigenvalue weighted by Crippen LogP contribution is 2.30. The Morgan fingerprint density at radius 3 is 2.76 bits per heavy atom. The number of pyridine rings is 1. The fourth-order valence-electron chi connectivity index (χ4n) is 1.99. The molecule has 3 nitrogen and oxygen atoms in total. The topological polar surface area (TPSA) is 42.1 Å². The Balaban J connectivity index is 2.17. The van der Waals surface area contributed by atoms with Crippen molar-refractivity contribution in [2.24, 2.45) is 11.7 Å². The lowest BCUT2D eigenvalue weighted by molar-refractivity contribution is -0.141. The second kappa shape index (κ2) is 4.52. The van der Waals surface area contributed by atoms with Crippen molar-refractivity contribution in [1.82, 2.24) is 4.98 Å².